The van der Waals surface area contributed by atoms with E-state index in [1.165, 1.54) is 38.5 Å². The summed E-state index contributed by atoms with van der Waals surface area (Å²) < 4.78 is 8.76. The summed E-state index contributed by atoms with van der Waals surface area (Å²) in [6, 6.07) is 64.2. The molecule has 0 unspecified atom stereocenters. The van der Waals surface area contributed by atoms with Gasteiger partial charge in [-0.3, -0.25) is 0 Å². The van der Waals surface area contributed by atoms with Gasteiger partial charge in [0.1, 0.15) is 11.2 Å². The molecule has 0 saturated carbocycles. The predicted octanol–water partition coefficient (Wildman–Crippen LogP) is 13.8. The number of rotatable bonds is 5. The molecule has 5 nitrogen and oxygen atoms in total. The molecule has 0 aliphatic heterocycles. The van der Waals surface area contributed by atoms with Crippen molar-refractivity contribution < 1.29 is 4.42 Å². The van der Waals surface area contributed by atoms with Crippen molar-refractivity contribution in [2.45, 2.75) is 19.3 Å². The average Bonchev–Trinajstić information content (AvgIpc) is 3.92. The fourth-order valence-corrected chi connectivity index (χ4v) is 9.37. The van der Waals surface area contributed by atoms with Gasteiger partial charge < -0.3 is 8.98 Å². The lowest BCUT2D eigenvalue weighted by Crippen LogP contribution is -2.14. The molecule has 12 rings (SSSR count). The van der Waals surface area contributed by atoms with Crippen LogP contribution in [0, 0.1) is 0 Å². The van der Waals surface area contributed by atoms with Crippen molar-refractivity contribution in [3.63, 3.8) is 0 Å². The first kappa shape index (κ1) is 33.5. The van der Waals surface area contributed by atoms with E-state index >= 15 is 0 Å². The highest BCUT2D eigenvalue weighted by atomic mass is 16.3. The van der Waals surface area contributed by atoms with E-state index < -0.39 is 0 Å². The second-order valence-electron chi connectivity index (χ2n) is 16.0. The first-order chi connectivity index (χ1) is 29.0. The molecule has 59 heavy (non-hydrogen) atoms. The topological polar surface area (TPSA) is 56.7 Å². The minimum Gasteiger partial charge on any atom is -0.456 e. The van der Waals surface area contributed by atoms with Gasteiger partial charge in [-0.2, -0.15) is 0 Å². The van der Waals surface area contributed by atoms with E-state index in [1.807, 2.05) is 30.3 Å². The number of fused-ring (bicyclic) bond motifs is 10. The van der Waals surface area contributed by atoms with Crippen LogP contribution in [-0.2, 0) is 5.41 Å². The Morgan fingerprint density at radius 3 is 1.85 bits per heavy atom. The first-order valence-electron chi connectivity index (χ1n) is 20.1. The van der Waals surface area contributed by atoms with Crippen LogP contribution in [-0.4, -0.2) is 19.5 Å². The molecule has 1 aliphatic carbocycles. The molecular weight excluding hydrogens is 721 g/mol. The quantitative estimate of drug-likeness (QED) is 0.175. The third-order valence-electron chi connectivity index (χ3n) is 12.3. The number of nitrogens with zero attached hydrogens (tertiary/aromatic N) is 4. The zero-order valence-corrected chi connectivity index (χ0v) is 32.5. The van der Waals surface area contributed by atoms with Gasteiger partial charge in [0.25, 0.3) is 0 Å². The summed E-state index contributed by atoms with van der Waals surface area (Å²) in [5, 5.41) is 4.61. The highest BCUT2D eigenvalue weighted by Gasteiger charge is 2.37. The van der Waals surface area contributed by atoms with Crippen molar-refractivity contribution in [1.29, 1.82) is 0 Å². The lowest BCUT2D eigenvalue weighted by atomic mass is 9.82. The van der Waals surface area contributed by atoms with E-state index in [4.69, 9.17) is 19.4 Å². The molecule has 0 amide bonds. The van der Waals surface area contributed by atoms with Crippen molar-refractivity contribution in [2.24, 2.45) is 0 Å². The lowest BCUT2D eigenvalue weighted by Gasteiger charge is -2.21. The molecule has 0 atom stereocenters. The molecule has 3 heterocycles. The Morgan fingerprint density at radius 1 is 0.424 bits per heavy atom. The molecule has 8 aromatic carbocycles. The van der Waals surface area contributed by atoms with Crippen LogP contribution >= 0.6 is 0 Å². The van der Waals surface area contributed by atoms with Crippen molar-refractivity contribution in [2.75, 3.05) is 0 Å². The van der Waals surface area contributed by atoms with Gasteiger partial charge in [-0.25, -0.2) is 15.0 Å². The Balaban J connectivity index is 1.06. The Labute approximate surface area is 340 Å². The van der Waals surface area contributed by atoms with Gasteiger partial charge in [0.2, 0.25) is 0 Å². The Hall–Kier alpha value is -7.63. The van der Waals surface area contributed by atoms with Gasteiger partial charge in [-0.1, -0.05) is 159 Å². The van der Waals surface area contributed by atoms with Gasteiger partial charge in [-0.05, 0) is 64.2 Å². The van der Waals surface area contributed by atoms with Gasteiger partial charge in [0.15, 0.2) is 17.5 Å². The summed E-state index contributed by atoms with van der Waals surface area (Å²) in [4.78, 5) is 15.5. The molecular formula is C54H36N4O. The van der Waals surface area contributed by atoms with E-state index in [9.17, 15) is 0 Å². The van der Waals surface area contributed by atoms with Crippen LogP contribution in [0.1, 0.15) is 25.0 Å². The number of aromatic nitrogens is 4. The van der Waals surface area contributed by atoms with Crippen LogP contribution in [0.4, 0.5) is 0 Å². The minimum absolute atomic E-state index is 0.119. The van der Waals surface area contributed by atoms with E-state index in [0.717, 1.165) is 61.0 Å². The number of furan rings is 1. The molecule has 0 radical (unpaired) electrons. The van der Waals surface area contributed by atoms with Gasteiger partial charge in [0.05, 0.1) is 11.0 Å². The van der Waals surface area contributed by atoms with Crippen LogP contribution in [0.5, 0.6) is 0 Å². The smallest absolute Gasteiger partial charge is 0.164 e. The Kier molecular flexibility index (Phi) is 7.20. The van der Waals surface area contributed by atoms with Crippen molar-refractivity contribution in [3.8, 4) is 62.1 Å². The summed E-state index contributed by atoms with van der Waals surface area (Å²) in [5.74, 6) is 1.79. The number of benzene rings is 8. The molecule has 0 saturated heterocycles. The number of hydrogen-bond donors (Lipinski definition) is 0. The molecule has 0 spiro atoms. The molecule has 0 bridgehead atoms. The number of hydrogen-bond acceptors (Lipinski definition) is 4. The minimum atomic E-state index is -0.119. The standard InChI is InChI=1S/C54H36N4O/c1-54(2)44-20-9-6-19-43(44)49-45(54)30-29-42-39-17-7-10-21-46(39)58(50(42)49)38-16-12-15-36(31-38)52-55-51(35-25-23-34(24-26-35)33-13-4-3-5-14-33)56-53(57-52)37-27-28-41-40-18-8-11-22-47(40)59-48(41)32-37/h3-32H,1-2H3. The maximum Gasteiger partial charge on any atom is 0.164 e. The highest BCUT2D eigenvalue weighted by Crippen LogP contribution is 2.53. The van der Waals surface area contributed by atoms with E-state index in [0.29, 0.717) is 17.5 Å². The summed E-state index contributed by atoms with van der Waals surface area (Å²) >= 11 is 0. The normalized spacial score (nSPS) is 13.1. The van der Waals surface area contributed by atoms with E-state index in [-0.39, 0.29) is 5.41 Å². The van der Waals surface area contributed by atoms with Crippen molar-refractivity contribution in [3.05, 3.63) is 193 Å². The molecule has 11 aromatic rings. The fourth-order valence-electron chi connectivity index (χ4n) is 9.37. The number of para-hydroxylation sites is 2. The van der Waals surface area contributed by atoms with E-state index in [2.05, 4.69) is 170 Å². The molecule has 278 valence electrons. The molecule has 0 fully saturated rings. The van der Waals surface area contributed by atoms with Crippen molar-refractivity contribution in [1.82, 2.24) is 19.5 Å². The Bertz CT molecular complexity index is 3470. The molecule has 5 heteroatoms. The molecule has 0 N–H and O–H groups in total. The largest absolute Gasteiger partial charge is 0.456 e. The predicted molar refractivity (Wildman–Crippen MR) is 241 cm³/mol. The molecule has 3 aromatic heterocycles. The fraction of sp³-hybridized carbons (Fsp3) is 0.0556. The van der Waals surface area contributed by atoms with Crippen LogP contribution in [0.25, 0.3) is 106 Å². The van der Waals surface area contributed by atoms with Crippen LogP contribution in [0.3, 0.4) is 0 Å². The maximum atomic E-state index is 6.32. The first-order valence-corrected chi connectivity index (χ1v) is 20.1. The zero-order chi connectivity index (χ0) is 39.2. The molecule has 1 aliphatic rings. The highest BCUT2D eigenvalue weighted by molar-refractivity contribution is 6.15. The van der Waals surface area contributed by atoms with Gasteiger partial charge in [-0.15, -0.1) is 0 Å². The van der Waals surface area contributed by atoms with Crippen molar-refractivity contribution >= 4 is 43.7 Å². The lowest BCUT2D eigenvalue weighted by molar-refractivity contribution is 0.661. The van der Waals surface area contributed by atoms with Gasteiger partial charge in [0, 0.05) is 54.9 Å². The third-order valence-corrected chi connectivity index (χ3v) is 12.3. The van der Waals surface area contributed by atoms with E-state index in [1.54, 1.807) is 0 Å². The second-order valence-corrected chi connectivity index (χ2v) is 16.0. The summed E-state index contributed by atoms with van der Waals surface area (Å²) in [7, 11) is 0. The summed E-state index contributed by atoms with van der Waals surface area (Å²) in [5.41, 5.74) is 15.2. The SMILES string of the molecule is CC1(C)c2ccccc2-c2c1ccc1c3ccccc3n(-c3cccc(-c4nc(-c5ccc(-c6ccccc6)cc5)nc(-c5ccc6c(c5)oc5ccccc56)n4)c3)c21. The summed E-state index contributed by atoms with van der Waals surface area (Å²) in [6.45, 7) is 4.68. The monoisotopic (exact) mass is 756 g/mol. The van der Waals surface area contributed by atoms with Crippen LogP contribution in [0.2, 0.25) is 0 Å². The second kappa shape index (κ2) is 12.7. The van der Waals surface area contributed by atoms with Crippen LogP contribution in [0.15, 0.2) is 186 Å². The summed E-state index contributed by atoms with van der Waals surface area (Å²) in [6.07, 6.45) is 0. The average molecular weight is 757 g/mol. The third kappa shape index (κ3) is 5.14. The van der Waals surface area contributed by atoms with Crippen LogP contribution < -0.4 is 0 Å². The maximum absolute atomic E-state index is 6.32. The Morgan fingerprint density at radius 2 is 1.02 bits per heavy atom. The zero-order valence-electron chi connectivity index (χ0n) is 32.5. The van der Waals surface area contributed by atoms with Gasteiger partial charge >= 0.3 is 0 Å².